The number of hydrogen-bond acceptors (Lipinski definition) is 2. The first-order chi connectivity index (χ1) is 17.2. The van der Waals surface area contributed by atoms with E-state index in [4.69, 9.17) is 4.98 Å². The van der Waals surface area contributed by atoms with E-state index in [1.165, 1.54) is 48.0 Å². The van der Waals surface area contributed by atoms with Gasteiger partial charge in [-0.15, -0.1) is 11.3 Å². The first kappa shape index (κ1) is 25.9. The second-order valence-corrected chi connectivity index (χ2v) is 19.4. The predicted octanol–water partition coefficient (Wildman–Crippen LogP) is 9.92. The highest BCUT2D eigenvalue weighted by molar-refractivity contribution is 7.25. The minimum absolute atomic E-state index is 0.0441. The number of fused-ring (bicyclic) bond motifs is 2. The van der Waals surface area contributed by atoms with E-state index in [0.29, 0.717) is 0 Å². The number of aromatic nitrogens is 1. The van der Waals surface area contributed by atoms with Crippen LogP contribution in [0.1, 0.15) is 52.7 Å². The molecule has 0 aliphatic heterocycles. The molecule has 5 aromatic rings. The maximum atomic E-state index is 5.01. The summed E-state index contributed by atoms with van der Waals surface area (Å²) in [7, 11) is -1.65. The zero-order chi connectivity index (χ0) is 26.8. The molecule has 0 bridgehead atoms. The van der Waals surface area contributed by atoms with Crippen molar-refractivity contribution in [2.75, 3.05) is 0 Å². The van der Waals surface area contributed by atoms with Gasteiger partial charge >= 0.3 is 0 Å². The lowest BCUT2D eigenvalue weighted by atomic mass is 9.82. The van der Waals surface area contributed by atoms with Gasteiger partial charge in [0.05, 0.1) is 18.5 Å². The lowest BCUT2D eigenvalue weighted by Gasteiger charge is -2.23. The molecule has 0 amide bonds. The number of rotatable bonds is 3. The minimum Gasteiger partial charge on any atom is -0.255 e. The van der Waals surface area contributed by atoms with Crippen LogP contribution < -0.4 is 5.19 Å². The van der Waals surface area contributed by atoms with Gasteiger partial charge in [-0.1, -0.05) is 110 Å². The van der Waals surface area contributed by atoms with Gasteiger partial charge < -0.3 is 0 Å². The van der Waals surface area contributed by atoms with Crippen LogP contribution in [0.25, 0.3) is 42.6 Å². The molecule has 5 rings (SSSR count). The van der Waals surface area contributed by atoms with Crippen molar-refractivity contribution in [3.05, 3.63) is 84.1 Å². The molecule has 0 saturated heterocycles. The Morgan fingerprint density at radius 1 is 0.703 bits per heavy atom. The third-order valence-corrected chi connectivity index (χ3v) is 10.8. The van der Waals surface area contributed by atoms with Crippen molar-refractivity contribution in [3.8, 4) is 21.7 Å². The molecule has 0 fully saturated rings. The van der Waals surface area contributed by atoms with Crippen LogP contribution in [0.5, 0.6) is 0 Å². The number of hydrogen-bond donors (Lipinski definition) is 0. The summed E-state index contributed by atoms with van der Waals surface area (Å²) in [6, 6.07) is 25.0. The number of benzene rings is 3. The Morgan fingerprint density at radius 3 is 2.00 bits per heavy atom. The van der Waals surface area contributed by atoms with Crippen LogP contribution >= 0.6 is 11.3 Å². The molecule has 0 atom stereocenters. The second-order valence-electron chi connectivity index (χ2n) is 13.4. The van der Waals surface area contributed by atoms with Crippen LogP contribution in [0.3, 0.4) is 0 Å². The summed E-state index contributed by atoms with van der Waals surface area (Å²) >= 11 is 1.93. The third kappa shape index (κ3) is 4.80. The average molecular weight is 522 g/mol. The maximum Gasteiger partial charge on any atom is 0.0880 e. The highest BCUT2D eigenvalue weighted by atomic mass is 32.1. The topological polar surface area (TPSA) is 12.9 Å². The van der Waals surface area contributed by atoms with Crippen molar-refractivity contribution < 1.29 is 0 Å². The summed E-state index contributed by atoms with van der Waals surface area (Å²) in [5.74, 6) is 0. The summed E-state index contributed by atoms with van der Waals surface area (Å²) in [5.41, 5.74) is 6.59. The summed E-state index contributed by atoms with van der Waals surface area (Å²) in [6.45, 7) is 21.2. The van der Waals surface area contributed by atoms with Crippen LogP contribution in [-0.4, -0.2) is 13.1 Å². The molecule has 37 heavy (non-hydrogen) atoms. The van der Waals surface area contributed by atoms with Gasteiger partial charge in [-0.3, -0.25) is 4.98 Å². The molecule has 0 radical (unpaired) electrons. The third-order valence-electron chi connectivity index (χ3n) is 7.31. The molecule has 2 aromatic heterocycles. The molecule has 190 valence electrons. The quantitative estimate of drug-likeness (QED) is 0.215. The summed E-state index contributed by atoms with van der Waals surface area (Å²) < 4.78 is 1.31. The number of thiophene rings is 1. The fraction of sp³-hybridized carbons (Fsp3) is 0.324. The van der Waals surface area contributed by atoms with Crippen molar-refractivity contribution in [3.63, 3.8) is 0 Å². The van der Waals surface area contributed by atoms with Crippen molar-refractivity contribution in [2.24, 2.45) is 0 Å². The average Bonchev–Trinajstić information content (AvgIpc) is 3.23. The molecule has 3 heteroatoms. The van der Waals surface area contributed by atoms with E-state index >= 15 is 0 Å². The van der Waals surface area contributed by atoms with Gasteiger partial charge in [0.25, 0.3) is 0 Å². The molecular formula is C34H39NSSi. The Balaban J connectivity index is 1.78. The van der Waals surface area contributed by atoms with Crippen molar-refractivity contribution in [2.45, 2.75) is 72.0 Å². The van der Waals surface area contributed by atoms with Crippen molar-refractivity contribution >= 4 is 45.5 Å². The van der Waals surface area contributed by atoms with Crippen LogP contribution in [-0.2, 0) is 10.8 Å². The fourth-order valence-electron chi connectivity index (χ4n) is 5.37. The molecule has 0 spiro atoms. The van der Waals surface area contributed by atoms with Gasteiger partial charge in [0.2, 0.25) is 0 Å². The normalized spacial score (nSPS) is 13.0. The van der Waals surface area contributed by atoms with Crippen LogP contribution in [0.4, 0.5) is 0 Å². The molecule has 0 saturated carbocycles. The van der Waals surface area contributed by atoms with Gasteiger partial charge in [0.1, 0.15) is 0 Å². The van der Waals surface area contributed by atoms with Crippen LogP contribution in [0, 0.1) is 0 Å². The highest BCUT2D eigenvalue weighted by Gasteiger charge is 2.28. The number of pyridine rings is 1. The van der Waals surface area contributed by atoms with E-state index in [-0.39, 0.29) is 10.8 Å². The largest absolute Gasteiger partial charge is 0.255 e. The minimum atomic E-state index is -1.65. The fourth-order valence-corrected chi connectivity index (χ4v) is 9.59. The molecule has 0 aliphatic carbocycles. The standard InChI is InChI=1S/C34H39NSSi/c1-33(2,3)25-16-14-22(15-17-25)30-32(37(7,8)9)27-18-19-35-29(31(27)36-30)24-20-23-12-10-11-13-26(23)28(21-24)34(4,5)6/h10-21H,1-9H3. The van der Waals surface area contributed by atoms with Gasteiger partial charge in [0.15, 0.2) is 0 Å². The van der Waals surface area contributed by atoms with Crippen LogP contribution in [0.15, 0.2) is 72.9 Å². The molecule has 0 unspecified atom stereocenters. The van der Waals surface area contributed by atoms with Crippen molar-refractivity contribution in [1.82, 2.24) is 4.98 Å². The first-order valence-corrected chi connectivity index (χ1v) is 17.6. The Hall–Kier alpha value is -2.75. The summed E-state index contributed by atoms with van der Waals surface area (Å²) in [4.78, 5) is 6.43. The van der Waals surface area contributed by atoms with E-state index in [1.54, 1.807) is 5.19 Å². The maximum absolute atomic E-state index is 5.01. The SMILES string of the molecule is CC(C)(C)c1ccc(-c2sc3c(-c4cc(C(C)(C)C)c5ccccc5c4)nccc3c2[Si](C)(C)C)cc1. The Labute approximate surface area is 227 Å². The Morgan fingerprint density at radius 2 is 1.38 bits per heavy atom. The number of nitrogens with zero attached hydrogens (tertiary/aromatic N) is 1. The smallest absolute Gasteiger partial charge is 0.0880 e. The van der Waals surface area contributed by atoms with E-state index < -0.39 is 8.07 Å². The van der Waals surface area contributed by atoms with Crippen LogP contribution in [0.2, 0.25) is 19.6 Å². The zero-order valence-electron chi connectivity index (χ0n) is 23.8. The van der Waals surface area contributed by atoms with E-state index in [9.17, 15) is 0 Å². The van der Waals surface area contributed by atoms with E-state index in [2.05, 4.69) is 128 Å². The molecule has 1 nitrogen and oxygen atoms in total. The van der Waals surface area contributed by atoms with E-state index in [1.807, 2.05) is 17.5 Å². The summed E-state index contributed by atoms with van der Waals surface area (Å²) in [6.07, 6.45) is 2.02. The van der Waals surface area contributed by atoms with E-state index in [0.717, 1.165) is 5.69 Å². The molecule has 0 aliphatic rings. The molecular weight excluding hydrogens is 483 g/mol. The first-order valence-electron chi connectivity index (χ1n) is 13.3. The van der Waals surface area contributed by atoms with Gasteiger partial charge in [-0.05, 0) is 67.1 Å². The predicted molar refractivity (Wildman–Crippen MR) is 168 cm³/mol. The highest BCUT2D eigenvalue weighted by Crippen LogP contribution is 2.41. The summed E-state index contributed by atoms with van der Waals surface area (Å²) in [5, 5.41) is 5.55. The van der Waals surface area contributed by atoms with Gasteiger partial charge in [-0.25, -0.2) is 0 Å². The second kappa shape index (κ2) is 8.92. The molecule has 0 N–H and O–H groups in total. The van der Waals surface area contributed by atoms with Gasteiger partial charge in [0, 0.05) is 16.6 Å². The Bertz CT molecular complexity index is 1600. The monoisotopic (exact) mass is 521 g/mol. The molecule has 2 heterocycles. The van der Waals surface area contributed by atoms with Crippen molar-refractivity contribution in [1.29, 1.82) is 0 Å². The van der Waals surface area contributed by atoms with Gasteiger partial charge in [-0.2, -0.15) is 0 Å². The zero-order valence-corrected chi connectivity index (χ0v) is 25.6. The lowest BCUT2D eigenvalue weighted by Crippen LogP contribution is -2.38. The lowest BCUT2D eigenvalue weighted by molar-refractivity contribution is 0.590. The Kier molecular flexibility index (Phi) is 6.24. The molecule has 3 aromatic carbocycles.